The Morgan fingerprint density at radius 3 is 1.37 bits per heavy atom. The molecular weight excluding hydrogens is 1020 g/mol. The number of unbranched alkanes of at least 4 members (excludes halogenated alkanes) is 20. The summed E-state index contributed by atoms with van der Waals surface area (Å²) in [6, 6.07) is 16.8. The number of amidine groups is 1. The fourth-order valence-corrected chi connectivity index (χ4v) is 16.1. The summed E-state index contributed by atoms with van der Waals surface area (Å²) in [5.41, 5.74) is 4.65. The van der Waals surface area contributed by atoms with Crippen molar-refractivity contribution in [3.63, 3.8) is 0 Å². The molecular formula is C56H76BIN6S4. The van der Waals surface area contributed by atoms with Crippen LogP contribution in [0.4, 0.5) is 11.6 Å². The van der Waals surface area contributed by atoms with E-state index in [-0.39, 0.29) is 13.3 Å². The number of hydrogen-bond donors (Lipinski definition) is 0. The third-order valence-corrected chi connectivity index (χ3v) is 20.3. The van der Waals surface area contributed by atoms with Gasteiger partial charge in [-0.1, -0.05) is 168 Å². The molecule has 0 fully saturated rings. The summed E-state index contributed by atoms with van der Waals surface area (Å²) < 4.78 is 6.25. The zero-order valence-corrected chi connectivity index (χ0v) is 47.1. The first-order valence-electron chi connectivity index (χ1n) is 27.1. The number of aromatic nitrogens is 2. The summed E-state index contributed by atoms with van der Waals surface area (Å²) in [7, 11) is -0.127. The van der Waals surface area contributed by atoms with Crippen LogP contribution in [0.25, 0.3) is 21.5 Å². The van der Waals surface area contributed by atoms with E-state index in [1.54, 1.807) is 0 Å². The molecule has 3 aromatic carbocycles. The van der Waals surface area contributed by atoms with Crippen LogP contribution in [0.5, 0.6) is 0 Å². The smallest absolute Gasteiger partial charge is 0.334 e. The third-order valence-electron chi connectivity index (χ3n) is 14.5. The Morgan fingerprint density at radius 2 is 0.897 bits per heavy atom. The minimum Gasteiger partial charge on any atom is -0.334 e. The van der Waals surface area contributed by atoms with Gasteiger partial charge in [-0.15, -0.1) is 47.0 Å². The molecule has 1 atom stereocenters. The Labute approximate surface area is 439 Å². The zero-order valence-electron chi connectivity index (χ0n) is 41.7. The standard InChI is InChI=1S/C56H76BIN6S4/c1-5-9-13-17-21-25-32-65-46-36-41-42(37-47(46)66-33-26-22-18-14-10-6-2)53-60-54-43-38-48(67-34-27-23-19-15-11-7-3)49(68-35-28-24-20-16-12-8-4)39-44(43)55-61-56-50-40(30-29-31-45(50)58)51-59-52(41)62(53)57(63(54)55)64(51)56/h29-31,36-39,56H,5-28,32-35H2,1-4H3. The molecule has 4 aliphatic heterocycles. The molecule has 68 heavy (non-hydrogen) atoms. The van der Waals surface area contributed by atoms with Gasteiger partial charge in [-0.05, 0) is 102 Å². The van der Waals surface area contributed by atoms with E-state index in [4.69, 9.17) is 15.0 Å². The number of rotatable bonds is 32. The third kappa shape index (κ3) is 11.0. The molecule has 0 amide bonds. The highest BCUT2D eigenvalue weighted by Gasteiger charge is 2.53. The van der Waals surface area contributed by atoms with Crippen molar-refractivity contribution in [2.45, 2.75) is 208 Å². The number of hydrogen-bond acceptors (Lipinski definition) is 8. The van der Waals surface area contributed by atoms with Gasteiger partial charge in [0.2, 0.25) is 0 Å². The van der Waals surface area contributed by atoms with Crippen molar-refractivity contribution >= 4 is 116 Å². The Kier molecular flexibility index (Phi) is 18.8. The second-order valence-corrected chi connectivity index (χ2v) is 25.4. The van der Waals surface area contributed by atoms with Crippen LogP contribution in [-0.4, -0.2) is 49.7 Å². The number of thioether (sulfide) groups is 4. The molecule has 364 valence electrons. The van der Waals surface area contributed by atoms with E-state index in [9.17, 15) is 0 Å². The van der Waals surface area contributed by atoms with Gasteiger partial charge in [0.05, 0.1) is 0 Å². The predicted octanol–water partition coefficient (Wildman–Crippen LogP) is 17.7. The normalized spacial score (nSPS) is 15.1. The zero-order chi connectivity index (χ0) is 46.8. The molecule has 0 saturated carbocycles. The topological polar surface area (TPSA) is 50.2 Å². The van der Waals surface area contributed by atoms with Gasteiger partial charge in [-0.25, -0.2) is 15.0 Å². The molecule has 2 aromatic heterocycles. The Bertz CT molecular complexity index is 2670. The highest BCUT2D eigenvalue weighted by atomic mass is 127. The second kappa shape index (κ2) is 25.1. The number of benzene rings is 3. The first-order chi connectivity index (χ1) is 33.6. The van der Waals surface area contributed by atoms with Crippen LogP contribution in [0, 0.1) is 3.57 Å². The van der Waals surface area contributed by atoms with Gasteiger partial charge in [0.1, 0.15) is 34.6 Å². The summed E-state index contributed by atoms with van der Waals surface area (Å²) >= 11 is 10.9. The molecule has 1 unspecified atom stereocenters. The summed E-state index contributed by atoms with van der Waals surface area (Å²) in [5, 5.41) is 4.98. The SMILES string of the molecule is CCCCCCCCSc1cc2c3n4c(c2cc1SCCCCCCCC)N=c1c2cc(SCCCCCCCC)c(SCCCCCCCC)cc2c2n1B4N1C(=N3)c3cccc(I)c3C1N=2. The van der Waals surface area contributed by atoms with Gasteiger partial charge in [0.25, 0.3) is 0 Å². The van der Waals surface area contributed by atoms with Crippen molar-refractivity contribution in [1.82, 2.24) is 13.8 Å². The molecule has 0 bridgehead atoms. The lowest BCUT2D eigenvalue weighted by atomic mass is 9.85. The largest absolute Gasteiger partial charge is 0.522 e. The summed E-state index contributed by atoms with van der Waals surface area (Å²) in [4.78, 5) is 25.5. The van der Waals surface area contributed by atoms with Crippen molar-refractivity contribution in [2.75, 3.05) is 23.0 Å². The van der Waals surface area contributed by atoms with Crippen molar-refractivity contribution in [3.05, 3.63) is 68.1 Å². The fraction of sp³-hybridized carbons (Fsp3) is 0.589. The first-order valence-corrected chi connectivity index (χ1v) is 32.1. The molecule has 5 aromatic rings. The van der Waals surface area contributed by atoms with Gasteiger partial charge in [0.15, 0.2) is 0 Å². The minimum absolute atomic E-state index is 0.127. The maximum atomic E-state index is 5.82. The van der Waals surface area contributed by atoms with Crippen molar-refractivity contribution in [2.24, 2.45) is 15.0 Å². The maximum absolute atomic E-state index is 5.82. The number of aliphatic imine (C=N–C) groups is 1. The van der Waals surface area contributed by atoms with E-state index in [0.717, 1.165) is 51.5 Å². The van der Waals surface area contributed by atoms with Gasteiger partial charge < -0.3 is 13.8 Å². The van der Waals surface area contributed by atoms with Crippen LogP contribution >= 0.6 is 69.6 Å². The summed E-state index contributed by atoms with van der Waals surface area (Å²) in [6.45, 7) is 9.25. The highest BCUT2D eigenvalue weighted by Crippen LogP contribution is 2.51. The first kappa shape index (κ1) is 50.9. The van der Waals surface area contributed by atoms with Gasteiger partial charge in [0, 0.05) is 55.8 Å². The highest BCUT2D eigenvalue weighted by molar-refractivity contribution is 14.1. The van der Waals surface area contributed by atoms with E-state index >= 15 is 0 Å². The molecule has 0 radical (unpaired) electrons. The molecule has 0 spiro atoms. The predicted molar refractivity (Wildman–Crippen MR) is 309 cm³/mol. The summed E-state index contributed by atoms with van der Waals surface area (Å²) in [5.74, 6) is 7.81. The summed E-state index contributed by atoms with van der Waals surface area (Å²) in [6.07, 6.45) is 31.7. The minimum atomic E-state index is -0.141. The molecule has 6 heterocycles. The Hall–Kier alpha value is -2.00. The Morgan fingerprint density at radius 1 is 0.485 bits per heavy atom. The molecule has 0 saturated heterocycles. The lowest BCUT2D eigenvalue weighted by Gasteiger charge is -2.39. The molecule has 6 nitrogen and oxygen atoms in total. The van der Waals surface area contributed by atoms with E-state index < -0.39 is 0 Å². The van der Waals surface area contributed by atoms with E-state index in [2.05, 4.69) is 154 Å². The number of fused-ring (bicyclic) bond motifs is 9. The van der Waals surface area contributed by atoms with Crippen LogP contribution in [0.1, 0.15) is 199 Å². The van der Waals surface area contributed by atoms with Crippen LogP contribution < -0.4 is 11.0 Å². The maximum Gasteiger partial charge on any atom is 0.522 e. The van der Waals surface area contributed by atoms with Crippen molar-refractivity contribution in [3.8, 4) is 0 Å². The van der Waals surface area contributed by atoms with Crippen molar-refractivity contribution in [1.29, 1.82) is 0 Å². The lowest BCUT2D eigenvalue weighted by Crippen LogP contribution is -2.63. The quantitative estimate of drug-likeness (QED) is 0.0186. The van der Waals surface area contributed by atoms with Crippen LogP contribution in [0.2, 0.25) is 0 Å². The Balaban J connectivity index is 1.14. The molecule has 0 aliphatic carbocycles. The van der Waals surface area contributed by atoms with Crippen LogP contribution in [0.15, 0.2) is 77.0 Å². The van der Waals surface area contributed by atoms with Gasteiger partial charge in [-0.2, -0.15) is 0 Å². The number of nitrogens with zero attached hydrogens (tertiary/aromatic N) is 6. The average Bonchev–Trinajstić information content (AvgIpc) is 3.96. The van der Waals surface area contributed by atoms with E-state index in [1.807, 2.05) is 0 Å². The average molecular weight is 1100 g/mol. The van der Waals surface area contributed by atoms with Gasteiger partial charge in [-0.3, -0.25) is 0 Å². The van der Waals surface area contributed by atoms with E-state index in [1.165, 1.54) is 210 Å². The molecule has 0 N–H and O–H groups in total. The van der Waals surface area contributed by atoms with Gasteiger partial charge >= 0.3 is 7.12 Å². The molecule has 12 heteroatoms. The van der Waals surface area contributed by atoms with Crippen molar-refractivity contribution < 1.29 is 0 Å². The lowest BCUT2D eigenvalue weighted by molar-refractivity contribution is 0.441. The fourth-order valence-electron chi connectivity index (χ4n) is 10.7. The monoisotopic (exact) mass is 1100 g/mol. The molecule has 4 aliphatic rings. The van der Waals surface area contributed by atoms with Crippen LogP contribution in [-0.2, 0) is 0 Å². The van der Waals surface area contributed by atoms with E-state index in [0.29, 0.717) is 0 Å². The van der Waals surface area contributed by atoms with Crippen LogP contribution in [0.3, 0.4) is 0 Å². The molecule has 9 rings (SSSR count). The number of halogens is 1. The second-order valence-electron chi connectivity index (χ2n) is 19.7.